The molecule has 98 valence electrons. The molecule has 4 heteroatoms. The number of allylic oxidation sites excluding steroid dienone is 4. The fraction of sp³-hybridized carbons (Fsp3) is 0.467. The van der Waals surface area contributed by atoms with Crippen molar-refractivity contribution >= 4 is 11.4 Å². The first-order valence-electron chi connectivity index (χ1n) is 6.23. The van der Waals surface area contributed by atoms with Crippen LogP contribution in [0, 0.1) is 28.3 Å². The number of nitrogens with zero attached hydrogens (tertiary/aromatic N) is 4. The SMILES string of the molecule is CCC1=C(C)C(=NC#N)C(C(C)(C)C)=CC1=NC#N. The second-order valence-corrected chi connectivity index (χ2v) is 5.42. The van der Waals surface area contributed by atoms with Crippen LogP contribution in [0.2, 0.25) is 0 Å². The molecule has 19 heavy (non-hydrogen) atoms. The van der Waals surface area contributed by atoms with Crippen LogP contribution in [-0.4, -0.2) is 11.4 Å². The van der Waals surface area contributed by atoms with E-state index < -0.39 is 0 Å². The summed E-state index contributed by atoms with van der Waals surface area (Å²) in [7, 11) is 0. The molecule has 0 aromatic heterocycles. The largest absolute Gasteiger partial charge is 0.206 e. The van der Waals surface area contributed by atoms with Gasteiger partial charge in [-0.05, 0) is 41.6 Å². The van der Waals surface area contributed by atoms with Gasteiger partial charge >= 0.3 is 0 Å². The number of aliphatic imine (C=N–C) groups is 2. The molecule has 0 atom stereocenters. The van der Waals surface area contributed by atoms with Crippen molar-refractivity contribution in [3.8, 4) is 12.4 Å². The van der Waals surface area contributed by atoms with Crippen LogP contribution in [0.4, 0.5) is 0 Å². The average Bonchev–Trinajstić information content (AvgIpc) is 2.31. The van der Waals surface area contributed by atoms with Gasteiger partial charge in [0.15, 0.2) is 0 Å². The minimum absolute atomic E-state index is 0.160. The third-order valence-corrected chi connectivity index (χ3v) is 3.15. The van der Waals surface area contributed by atoms with Gasteiger partial charge in [0.05, 0.1) is 11.4 Å². The van der Waals surface area contributed by atoms with E-state index in [1.165, 1.54) is 0 Å². The van der Waals surface area contributed by atoms with Crippen LogP contribution in [0.3, 0.4) is 0 Å². The van der Waals surface area contributed by atoms with Gasteiger partial charge in [0, 0.05) is 0 Å². The maximum atomic E-state index is 8.88. The fourth-order valence-corrected chi connectivity index (χ4v) is 2.19. The number of hydrogen-bond donors (Lipinski definition) is 0. The van der Waals surface area contributed by atoms with Gasteiger partial charge < -0.3 is 0 Å². The van der Waals surface area contributed by atoms with Crippen LogP contribution in [0.15, 0.2) is 32.8 Å². The first-order valence-corrected chi connectivity index (χ1v) is 6.23. The molecular weight excluding hydrogens is 236 g/mol. The third kappa shape index (κ3) is 2.98. The Morgan fingerprint density at radius 2 is 1.74 bits per heavy atom. The molecule has 1 aliphatic carbocycles. The summed E-state index contributed by atoms with van der Waals surface area (Å²) in [4.78, 5) is 7.86. The smallest absolute Gasteiger partial charge is 0.173 e. The molecule has 0 heterocycles. The summed E-state index contributed by atoms with van der Waals surface area (Å²) < 4.78 is 0. The van der Waals surface area contributed by atoms with Gasteiger partial charge in [-0.1, -0.05) is 27.7 Å². The second kappa shape index (κ2) is 5.63. The highest BCUT2D eigenvalue weighted by atomic mass is 14.8. The number of nitriles is 2. The zero-order valence-electron chi connectivity index (χ0n) is 12.1. The van der Waals surface area contributed by atoms with Crippen LogP contribution < -0.4 is 0 Å². The van der Waals surface area contributed by atoms with Gasteiger partial charge in [0.1, 0.15) is 0 Å². The van der Waals surface area contributed by atoms with Gasteiger partial charge in [-0.3, -0.25) is 0 Å². The van der Waals surface area contributed by atoms with Crippen LogP contribution in [-0.2, 0) is 0 Å². The molecule has 0 spiro atoms. The Bertz CT molecular complexity index is 581. The fourth-order valence-electron chi connectivity index (χ4n) is 2.19. The Morgan fingerprint density at radius 1 is 1.16 bits per heavy atom. The normalized spacial score (nSPS) is 20.3. The zero-order chi connectivity index (χ0) is 14.6. The predicted molar refractivity (Wildman–Crippen MR) is 76.6 cm³/mol. The summed E-state index contributed by atoms with van der Waals surface area (Å²) in [6, 6.07) is 0. The minimum atomic E-state index is -0.160. The van der Waals surface area contributed by atoms with E-state index in [0.717, 1.165) is 23.1 Å². The van der Waals surface area contributed by atoms with Crippen molar-refractivity contribution < 1.29 is 0 Å². The molecule has 4 nitrogen and oxygen atoms in total. The highest BCUT2D eigenvalue weighted by Gasteiger charge is 2.29. The molecular formula is C15H18N4. The first kappa shape index (κ1) is 14.9. The highest BCUT2D eigenvalue weighted by Crippen LogP contribution is 2.34. The topological polar surface area (TPSA) is 72.3 Å². The second-order valence-electron chi connectivity index (χ2n) is 5.42. The van der Waals surface area contributed by atoms with Crippen LogP contribution in [0.25, 0.3) is 0 Å². The Hall–Kier alpha value is -2.20. The lowest BCUT2D eigenvalue weighted by Crippen LogP contribution is -2.26. The molecule has 0 N–H and O–H groups in total. The summed E-state index contributed by atoms with van der Waals surface area (Å²) in [5, 5.41) is 17.7. The van der Waals surface area contributed by atoms with E-state index in [4.69, 9.17) is 10.5 Å². The van der Waals surface area contributed by atoms with Gasteiger partial charge in [-0.15, -0.1) is 0 Å². The molecule has 0 unspecified atom stereocenters. The number of hydrogen-bond acceptors (Lipinski definition) is 4. The predicted octanol–water partition coefficient (Wildman–Crippen LogP) is 3.54. The summed E-state index contributed by atoms with van der Waals surface area (Å²) in [5.41, 5.74) is 4.09. The minimum Gasteiger partial charge on any atom is -0.173 e. The molecule has 0 bridgehead atoms. The van der Waals surface area contributed by atoms with Crippen molar-refractivity contribution in [2.75, 3.05) is 0 Å². The van der Waals surface area contributed by atoms with Crippen molar-refractivity contribution in [1.29, 1.82) is 10.5 Å². The van der Waals surface area contributed by atoms with Crippen LogP contribution in [0.1, 0.15) is 41.0 Å². The summed E-state index contributed by atoms with van der Waals surface area (Å²) >= 11 is 0. The maximum Gasteiger partial charge on any atom is 0.206 e. The van der Waals surface area contributed by atoms with Crippen LogP contribution >= 0.6 is 0 Å². The Labute approximate surface area is 114 Å². The number of rotatable bonds is 1. The quantitative estimate of drug-likeness (QED) is 0.530. The Balaban J connectivity index is 3.59. The van der Waals surface area contributed by atoms with Crippen molar-refractivity contribution in [2.24, 2.45) is 15.4 Å². The van der Waals surface area contributed by atoms with Crippen molar-refractivity contribution in [3.05, 3.63) is 22.8 Å². The highest BCUT2D eigenvalue weighted by molar-refractivity contribution is 6.26. The first-order chi connectivity index (χ1) is 8.86. The molecule has 1 aliphatic rings. The van der Waals surface area contributed by atoms with Crippen LogP contribution in [0.5, 0.6) is 0 Å². The van der Waals surface area contributed by atoms with E-state index in [2.05, 4.69) is 30.8 Å². The molecule has 1 rings (SSSR count). The lowest BCUT2D eigenvalue weighted by molar-refractivity contribution is 0.524. The van der Waals surface area contributed by atoms with Gasteiger partial charge in [-0.25, -0.2) is 0 Å². The Morgan fingerprint density at radius 3 is 2.16 bits per heavy atom. The van der Waals surface area contributed by atoms with Gasteiger partial charge in [0.25, 0.3) is 0 Å². The van der Waals surface area contributed by atoms with Gasteiger partial charge in [-0.2, -0.15) is 20.5 Å². The van der Waals surface area contributed by atoms with Crippen molar-refractivity contribution in [3.63, 3.8) is 0 Å². The van der Waals surface area contributed by atoms with E-state index in [-0.39, 0.29) is 5.41 Å². The lowest BCUT2D eigenvalue weighted by Gasteiger charge is -2.29. The lowest BCUT2D eigenvalue weighted by atomic mass is 9.76. The average molecular weight is 254 g/mol. The van der Waals surface area contributed by atoms with E-state index in [9.17, 15) is 0 Å². The van der Waals surface area contributed by atoms with Crippen molar-refractivity contribution in [1.82, 2.24) is 0 Å². The molecule has 0 fully saturated rings. The third-order valence-electron chi connectivity index (χ3n) is 3.15. The molecule has 0 radical (unpaired) electrons. The Kier molecular flexibility index (Phi) is 4.40. The van der Waals surface area contributed by atoms with E-state index in [1.807, 2.05) is 32.3 Å². The molecule has 0 aromatic rings. The zero-order valence-corrected chi connectivity index (χ0v) is 12.1. The summed E-state index contributed by atoms with van der Waals surface area (Å²) in [5.74, 6) is 0. The van der Waals surface area contributed by atoms with Crippen molar-refractivity contribution in [2.45, 2.75) is 41.0 Å². The molecule has 0 aliphatic heterocycles. The summed E-state index contributed by atoms with van der Waals surface area (Å²) in [6.45, 7) is 10.1. The monoisotopic (exact) mass is 254 g/mol. The van der Waals surface area contributed by atoms with E-state index in [0.29, 0.717) is 11.4 Å². The summed E-state index contributed by atoms with van der Waals surface area (Å²) in [6.07, 6.45) is 6.35. The van der Waals surface area contributed by atoms with E-state index in [1.54, 1.807) is 0 Å². The van der Waals surface area contributed by atoms with Gasteiger partial charge in [0.2, 0.25) is 12.4 Å². The molecule has 0 saturated heterocycles. The standard InChI is InChI=1S/C15H18N4/c1-6-11-10(2)14(19-9-17)12(15(3,4)5)7-13(11)18-8-16/h7H,6H2,1-5H3. The molecule has 0 aromatic carbocycles. The van der Waals surface area contributed by atoms with E-state index >= 15 is 0 Å². The maximum absolute atomic E-state index is 8.88. The molecule has 0 amide bonds. The molecule has 0 saturated carbocycles.